The molecule has 14 heteroatoms. The first-order valence-electron chi connectivity index (χ1n) is 10.2. The largest absolute Gasteiger partial charge is 1.00 e. The molecule has 0 aliphatic heterocycles. The summed E-state index contributed by atoms with van der Waals surface area (Å²) >= 11 is 0. The number of benzene rings is 2. The molecule has 0 N–H and O–H groups in total. The van der Waals surface area contributed by atoms with E-state index in [9.17, 15) is 18.7 Å². The van der Waals surface area contributed by atoms with Crippen molar-refractivity contribution >= 4 is 7.82 Å². The van der Waals surface area contributed by atoms with Crippen LogP contribution in [0.5, 0.6) is 0 Å². The number of aryl methyl sites for hydroxylation is 1. The molecular weight excluding hydrogens is 513 g/mol. The van der Waals surface area contributed by atoms with Gasteiger partial charge in [-0.1, -0.05) is 37.3 Å². The van der Waals surface area contributed by atoms with Crippen LogP contribution in [-0.2, 0) is 28.3 Å². The van der Waals surface area contributed by atoms with Crippen molar-refractivity contribution in [2.75, 3.05) is 0 Å². The van der Waals surface area contributed by atoms with Crippen molar-refractivity contribution < 1.29 is 86.8 Å². The fourth-order valence-corrected chi connectivity index (χ4v) is 4.78. The summed E-state index contributed by atoms with van der Waals surface area (Å²) in [5, 5.41) is 8.10. The Morgan fingerprint density at radius 2 is 1.78 bits per heavy atom. The van der Waals surface area contributed by atoms with Gasteiger partial charge in [0.2, 0.25) is 0 Å². The maximum absolute atomic E-state index is 15.1. The van der Waals surface area contributed by atoms with Crippen LogP contribution >= 0.6 is 7.82 Å². The third-order valence-electron chi connectivity index (χ3n) is 5.75. The van der Waals surface area contributed by atoms with Gasteiger partial charge in [-0.3, -0.25) is 4.68 Å². The fourth-order valence-electron chi connectivity index (χ4n) is 4.07. The van der Waals surface area contributed by atoms with Gasteiger partial charge in [0.1, 0.15) is 29.9 Å². The molecule has 0 saturated carbocycles. The summed E-state index contributed by atoms with van der Waals surface area (Å²) < 4.78 is 48.7. The van der Waals surface area contributed by atoms with Crippen LogP contribution in [0.15, 0.2) is 67.4 Å². The Labute approximate surface area is 250 Å². The zero-order valence-electron chi connectivity index (χ0n) is 20.2. The number of rotatable bonds is 8. The SMILES string of the molecule is C[C@@H](c1ccc(-c2ccnn2C)cc1)[C@@](Cn1cncn1)(OP(=O)([O-])[O-])c1ccc(F)cc1F.[Na+].[Na+]. The van der Waals surface area contributed by atoms with Gasteiger partial charge in [0.15, 0.2) is 0 Å². The van der Waals surface area contributed by atoms with Crippen LogP contribution in [0.2, 0.25) is 0 Å². The van der Waals surface area contributed by atoms with Crippen LogP contribution in [0, 0.1) is 11.6 Å². The van der Waals surface area contributed by atoms with Gasteiger partial charge in [-0.25, -0.2) is 18.4 Å². The van der Waals surface area contributed by atoms with E-state index in [1.165, 1.54) is 17.3 Å². The predicted octanol–water partition coefficient (Wildman–Crippen LogP) is -3.49. The topological polar surface area (TPSA) is 121 Å². The molecule has 4 rings (SSSR count). The van der Waals surface area contributed by atoms with Gasteiger partial charge in [-0.15, -0.1) is 0 Å². The molecule has 9 nitrogen and oxygen atoms in total. The molecule has 0 fully saturated rings. The Balaban J connectivity index is 0.00000228. The summed E-state index contributed by atoms with van der Waals surface area (Å²) in [5.74, 6) is -2.82. The van der Waals surface area contributed by atoms with E-state index in [1.54, 1.807) is 49.1 Å². The van der Waals surface area contributed by atoms with Gasteiger partial charge in [-0.05, 0) is 23.3 Å². The zero-order valence-corrected chi connectivity index (χ0v) is 25.1. The maximum Gasteiger partial charge on any atom is 1.00 e. The number of halogens is 2. The van der Waals surface area contributed by atoms with Crippen LogP contribution in [0.25, 0.3) is 11.3 Å². The van der Waals surface area contributed by atoms with Crippen molar-refractivity contribution in [3.63, 3.8) is 0 Å². The minimum Gasteiger partial charge on any atom is -0.790 e. The molecule has 0 unspecified atom stereocenters. The Hall–Kier alpha value is -1.24. The Morgan fingerprint density at radius 1 is 1.08 bits per heavy atom. The molecule has 0 aliphatic rings. The van der Waals surface area contributed by atoms with Gasteiger partial charge in [0.25, 0.3) is 0 Å². The van der Waals surface area contributed by atoms with Crippen molar-refractivity contribution in [2.45, 2.75) is 25.0 Å². The summed E-state index contributed by atoms with van der Waals surface area (Å²) in [6.45, 7) is 1.21. The number of nitrogens with zero attached hydrogens (tertiary/aromatic N) is 5. The fraction of sp³-hybridized carbons (Fsp3) is 0.227. The van der Waals surface area contributed by atoms with E-state index in [2.05, 4.69) is 15.2 Å². The van der Waals surface area contributed by atoms with Crippen molar-refractivity contribution in [3.8, 4) is 11.3 Å². The molecule has 2 aromatic heterocycles. The monoisotopic (exact) mass is 533 g/mol. The molecule has 0 saturated heterocycles. The minimum absolute atomic E-state index is 0. The maximum atomic E-state index is 15.1. The standard InChI is InChI=1S/C22H22F2N5O4P.2Na/c1-15(16-3-5-17(6-4-16)21-9-10-26-28(21)2)22(33-34(30,31)32,12-29-14-25-13-27-29)19-8-7-18(23)11-20(19)24;;/h3-11,13-15H,12H2,1-2H3,(H2,30,31,32);;/q;2*+1/p-2/t15-,22+;;/m0../s1. The number of hydrogen-bond acceptors (Lipinski definition) is 7. The van der Waals surface area contributed by atoms with E-state index in [1.807, 2.05) is 6.07 Å². The third-order valence-corrected chi connectivity index (χ3v) is 6.30. The molecule has 0 spiro atoms. The molecule has 0 amide bonds. The van der Waals surface area contributed by atoms with Gasteiger partial charge in [0, 0.05) is 30.8 Å². The molecule has 4 aromatic rings. The number of phosphoric ester groups is 1. The minimum atomic E-state index is -5.67. The van der Waals surface area contributed by atoms with E-state index in [-0.39, 0.29) is 71.2 Å². The molecule has 178 valence electrons. The van der Waals surface area contributed by atoms with Crippen molar-refractivity contribution in [1.29, 1.82) is 0 Å². The molecule has 36 heavy (non-hydrogen) atoms. The van der Waals surface area contributed by atoms with Crippen LogP contribution < -0.4 is 68.9 Å². The first-order chi connectivity index (χ1) is 16.1. The number of phosphoric acid groups is 1. The van der Waals surface area contributed by atoms with Crippen LogP contribution in [-0.4, -0.2) is 24.5 Å². The van der Waals surface area contributed by atoms with Crippen LogP contribution in [0.1, 0.15) is 24.0 Å². The average molecular weight is 533 g/mol. The first kappa shape index (κ1) is 31.0. The van der Waals surface area contributed by atoms with Gasteiger partial charge in [-0.2, -0.15) is 10.2 Å². The summed E-state index contributed by atoms with van der Waals surface area (Å²) in [5.41, 5.74) is -0.163. The average Bonchev–Trinajstić information content (AvgIpc) is 3.43. The molecule has 0 radical (unpaired) electrons. The number of aromatic nitrogens is 5. The van der Waals surface area contributed by atoms with Crippen molar-refractivity contribution in [1.82, 2.24) is 24.5 Å². The van der Waals surface area contributed by atoms with Crippen molar-refractivity contribution in [3.05, 3.63) is 90.1 Å². The molecular formula is C22H20F2N5Na2O4P. The van der Waals surface area contributed by atoms with Crippen molar-refractivity contribution in [2.24, 2.45) is 7.05 Å². The number of hydrogen-bond donors (Lipinski definition) is 0. The van der Waals surface area contributed by atoms with E-state index in [4.69, 9.17) is 4.52 Å². The van der Waals surface area contributed by atoms with Gasteiger partial charge < -0.3 is 18.9 Å². The second-order valence-corrected chi connectivity index (χ2v) is 8.91. The summed E-state index contributed by atoms with van der Waals surface area (Å²) in [6, 6.07) is 11.5. The van der Waals surface area contributed by atoms with E-state index in [0.717, 1.165) is 23.4 Å². The predicted molar refractivity (Wildman–Crippen MR) is 114 cm³/mol. The molecule has 2 atom stereocenters. The molecule has 2 aromatic carbocycles. The second kappa shape index (κ2) is 12.5. The Kier molecular flexibility index (Phi) is 10.8. The quantitative estimate of drug-likeness (QED) is 0.170. The van der Waals surface area contributed by atoms with Gasteiger partial charge >= 0.3 is 59.1 Å². The van der Waals surface area contributed by atoms with Crippen LogP contribution in [0.3, 0.4) is 0 Å². The summed E-state index contributed by atoms with van der Waals surface area (Å²) in [6.07, 6.45) is 4.13. The Morgan fingerprint density at radius 3 is 2.31 bits per heavy atom. The molecule has 0 bridgehead atoms. The second-order valence-electron chi connectivity index (χ2n) is 7.83. The van der Waals surface area contributed by atoms with Crippen LogP contribution in [0.4, 0.5) is 8.78 Å². The van der Waals surface area contributed by atoms with E-state index >= 15 is 4.39 Å². The van der Waals surface area contributed by atoms with Gasteiger partial charge in [0.05, 0.1) is 20.1 Å². The summed E-state index contributed by atoms with van der Waals surface area (Å²) in [7, 11) is -3.87. The van der Waals surface area contributed by atoms with E-state index in [0.29, 0.717) is 11.6 Å². The zero-order chi connectivity index (χ0) is 24.5. The molecule has 2 heterocycles. The summed E-state index contributed by atoms with van der Waals surface area (Å²) in [4.78, 5) is 27.6. The smallest absolute Gasteiger partial charge is 0.790 e. The third kappa shape index (κ3) is 6.79. The first-order valence-corrected chi connectivity index (χ1v) is 11.6. The Bertz CT molecular complexity index is 1330. The normalized spacial score (nSPS) is 13.8. The molecule has 0 aliphatic carbocycles. The van der Waals surface area contributed by atoms with E-state index < -0.39 is 31.0 Å².